The molecule has 1 saturated heterocycles. The van der Waals surface area contributed by atoms with E-state index in [1.165, 1.54) is 17.7 Å². The van der Waals surface area contributed by atoms with Gasteiger partial charge in [0.25, 0.3) is 0 Å². The second-order valence-corrected chi connectivity index (χ2v) is 5.71. The molecule has 2 aliphatic rings. The average Bonchev–Trinajstić information content (AvgIpc) is 3.13. The summed E-state index contributed by atoms with van der Waals surface area (Å²) in [6.45, 7) is 3.11. The molecule has 0 radical (unpaired) electrons. The standard InChI is InChI=1S/C14H20N4O3/c19-13(3-6-17-4-1-2-5-17)18-8-11-10(15-9-16-11)7-12(18)14(20)21/h9,12H,1-8H2,(H,15,16)(H,20,21). The smallest absolute Gasteiger partial charge is 0.326 e. The van der Waals surface area contributed by atoms with Crippen molar-refractivity contribution in [2.45, 2.75) is 38.3 Å². The lowest BCUT2D eigenvalue weighted by Crippen LogP contribution is -2.49. The Bertz CT molecular complexity index is 536. The molecule has 7 nitrogen and oxygen atoms in total. The number of aliphatic carboxylic acids is 1. The van der Waals surface area contributed by atoms with E-state index in [9.17, 15) is 14.7 Å². The Hall–Kier alpha value is -1.89. The number of H-pyrrole nitrogens is 1. The summed E-state index contributed by atoms with van der Waals surface area (Å²) in [5.41, 5.74) is 1.60. The zero-order chi connectivity index (χ0) is 14.8. The van der Waals surface area contributed by atoms with Gasteiger partial charge < -0.3 is 19.9 Å². The Labute approximate surface area is 122 Å². The van der Waals surface area contributed by atoms with Crippen LogP contribution >= 0.6 is 0 Å². The van der Waals surface area contributed by atoms with E-state index < -0.39 is 12.0 Å². The number of hydrogen-bond acceptors (Lipinski definition) is 4. The largest absolute Gasteiger partial charge is 0.480 e. The SMILES string of the molecule is O=C(O)C1Cc2nc[nH]c2CN1C(=O)CCN1CCCC1. The molecule has 1 fully saturated rings. The molecule has 0 saturated carbocycles. The summed E-state index contributed by atoms with van der Waals surface area (Å²) in [5, 5.41) is 9.36. The highest BCUT2D eigenvalue weighted by Gasteiger charge is 2.35. The second kappa shape index (κ2) is 5.85. The Kier molecular flexibility index (Phi) is 3.92. The number of hydrogen-bond donors (Lipinski definition) is 2. The normalized spacial score (nSPS) is 22.3. The predicted molar refractivity (Wildman–Crippen MR) is 74.6 cm³/mol. The number of rotatable bonds is 4. The van der Waals surface area contributed by atoms with Crippen LogP contribution in [0.3, 0.4) is 0 Å². The number of likely N-dealkylation sites (tertiary alicyclic amines) is 1. The summed E-state index contributed by atoms with van der Waals surface area (Å²) in [4.78, 5) is 34.7. The number of nitrogens with zero attached hydrogens (tertiary/aromatic N) is 3. The highest BCUT2D eigenvalue weighted by Crippen LogP contribution is 2.22. The number of nitrogens with one attached hydrogen (secondary N) is 1. The van der Waals surface area contributed by atoms with Crippen molar-refractivity contribution in [1.82, 2.24) is 19.8 Å². The van der Waals surface area contributed by atoms with Gasteiger partial charge in [-0.3, -0.25) is 4.79 Å². The molecule has 1 aromatic heterocycles. The number of aromatic amines is 1. The predicted octanol–water partition coefficient (Wildman–Crippen LogP) is 0.233. The van der Waals surface area contributed by atoms with Crippen molar-refractivity contribution < 1.29 is 14.7 Å². The van der Waals surface area contributed by atoms with Crippen LogP contribution in [0.25, 0.3) is 0 Å². The molecule has 1 aromatic rings. The van der Waals surface area contributed by atoms with Crippen LogP contribution in [-0.2, 0) is 22.6 Å². The van der Waals surface area contributed by atoms with Gasteiger partial charge >= 0.3 is 5.97 Å². The summed E-state index contributed by atoms with van der Waals surface area (Å²) in [7, 11) is 0. The molecule has 3 heterocycles. The molecule has 114 valence electrons. The number of carboxylic acids is 1. The maximum Gasteiger partial charge on any atom is 0.326 e. The highest BCUT2D eigenvalue weighted by molar-refractivity contribution is 5.84. The maximum atomic E-state index is 12.4. The van der Waals surface area contributed by atoms with Gasteiger partial charge in [-0.15, -0.1) is 0 Å². The first kappa shape index (κ1) is 14.1. The third-order valence-electron chi connectivity index (χ3n) is 4.34. The van der Waals surface area contributed by atoms with Crippen LogP contribution in [-0.4, -0.2) is 62.4 Å². The lowest BCUT2D eigenvalue weighted by Gasteiger charge is -2.32. The first-order valence-corrected chi connectivity index (χ1v) is 7.41. The number of carboxylic acid groups (broad SMARTS) is 1. The fourth-order valence-electron chi connectivity index (χ4n) is 3.12. The molecular formula is C14H20N4O3. The number of amides is 1. The van der Waals surface area contributed by atoms with Gasteiger partial charge in [0.05, 0.1) is 24.3 Å². The number of aromatic nitrogens is 2. The number of fused-ring (bicyclic) bond motifs is 1. The third kappa shape index (κ3) is 2.92. The summed E-state index contributed by atoms with van der Waals surface area (Å²) < 4.78 is 0. The van der Waals surface area contributed by atoms with Gasteiger partial charge in [-0.2, -0.15) is 0 Å². The van der Waals surface area contributed by atoms with Crippen molar-refractivity contribution in [3.05, 3.63) is 17.7 Å². The Morgan fingerprint density at radius 2 is 2.14 bits per heavy atom. The molecule has 1 amide bonds. The minimum Gasteiger partial charge on any atom is -0.480 e. The fraction of sp³-hybridized carbons (Fsp3) is 0.643. The van der Waals surface area contributed by atoms with Gasteiger partial charge in [0.2, 0.25) is 5.91 Å². The monoisotopic (exact) mass is 292 g/mol. The number of carbonyl (C=O) groups is 2. The Morgan fingerprint density at radius 1 is 1.38 bits per heavy atom. The third-order valence-corrected chi connectivity index (χ3v) is 4.34. The molecule has 0 bridgehead atoms. The van der Waals surface area contributed by atoms with Crippen molar-refractivity contribution in [2.24, 2.45) is 0 Å². The molecule has 2 N–H and O–H groups in total. The van der Waals surface area contributed by atoms with Gasteiger partial charge in [-0.25, -0.2) is 9.78 Å². The molecule has 1 unspecified atom stereocenters. The molecule has 3 rings (SSSR count). The van der Waals surface area contributed by atoms with E-state index in [1.807, 2.05) is 0 Å². The van der Waals surface area contributed by atoms with Crippen molar-refractivity contribution in [3.8, 4) is 0 Å². The first-order valence-electron chi connectivity index (χ1n) is 7.41. The summed E-state index contributed by atoms with van der Waals surface area (Å²) in [6.07, 6.45) is 4.60. The van der Waals surface area contributed by atoms with Gasteiger partial charge in [0.1, 0.15) is 6.04 Å². The van der Waals surface area contributed by atoms with Gasteiger partial charge in [-0.1, -0.05) is 0 Å². The van der Waals surface area contributed by atoms with E-state index in [-0.39, 0.29) is 12.3 Å². The van der Waals surface area contributed by atoms with Crippen molar-refractivity contribution >= 4 is 11.9 Å². The molecule has 7 heteroatoms. The molecule has 2 aliphatic heterocycles. The Balaban J connectivity index is 1.66. The van der Waals surface area contributed by atoms with Crippen LogP contribution in [0, 0.1) is 0 Å². The Morgan fingerprint density at radius 3 is 2.86 bits per heavy atom. The summed E-state index contributed by atoms with van der Waals surface area (Å²) >= 11 is 0. The van der Waals surface area contributed by atoms with E-state index in [1.54, 1.807) is 6.33 Å². The van der Waals surface area contributed by atoms with Gasteiger partial charge in [-0.05, 0) is 25.9 Å². The molecular weight excluding hydrogens is 272 g/mol. The van der Waals surface area contributed by atoms with Crippen LogP contribution in [0.5, 0.6) is 0 Å². The molecule has 1 atom stereocenters. The highest BCUT2D eigenvalue weighted by atomic mass is 16.4. The maximum absolute atomic E-state index is 12.4. The van der Waals surface area contributed by atoms with Crippen LogP contribution in [0.2, 0.25) is 0 Å². The van der Waals surface area contributed by atoms with E-state index in [4.69, 9.17) is 0 Å². The number of carbonyl (C=O) groups excluding carboxylic acids is 1. The minimum atomic E-state index is -0.960. The lowest BCUT2D eigenvalue weighted by molar-refractivity contribution is -0.151. The quantitative estimate of drug-likeness (QED) is 0.829. The van der Waals surface area contributed by atoms with Crippen LogP contribution < -0.4 is 0 Å². The topological polar surface area (TPSA) is 89.5 Å². The van der Waals surface area contributed by atoms with Crippen molar-refractivity contribution in [3.63, 3.8) is 0 Å². The molecule has 0 aromatic carbocycles. The molecule has 0 aliphatic carbocycles. The summed E-state index contributed by atoms with van der Waals surface area (Å²) in [5.74, 6) is -1.05. The van der Waals surface area contributed by atoms with Crippen LogP contribution in [0.1, 0.15) is 30.7 Å². The van der Waals surface area contributed by atoms with Crippen molar-refractivity contribution in [1.29, 1.82) is 0 Å². The fourth-order valence-corrected chi connectivity index (χ4v) is 3.12. The zero-order valence-electron chi connectivity index (χ0n) is 11.9. The lowest BCUT2D eigenvalue weighted by atomic mass is 10.0. The van der Waals surface area contributed by atoms with Gasteiger partial charge in [0.15, 0.2) is 0 Å². The average molecular weight is 292 g/mol. The van der Waals surface area contributed by atoms with E-state index >= 15 is 0 Å². The van der Waals surface area contributed by atoms with E-state index in [0.717, 1.165) is 31.0 Å². The molecule has 0 spiro atoms. The number of imidazole rings is 1. The summed E-state index contributed by atoms with van der Waals surface area (Å²) in [6, 6.07) is -0.799. The molecule has 21 heavy (non-hydrogen) atoms. The van der Waals surface area contributed by atoms with E-state index in [2.05, 4.69) is 14.9 Å². The van der Waals surface area contributed by atoms with Crippen LogP contribution in [0.15, 0.2) is 6.33 Å². The first-order chi connectivity index (χ1) is 10.1. The zero-order valence-corrected chi connectivity index (χ0v) is 11.9. The van der Waals surface area contributed by atoms with Crippen molar-refractivity contribution in [2.75, 3.05) is 19.6 Å². The van der Waals surface area contributed by atoms with E-state index in [0.29, 0.717) is 13.0 Å². The minimum absolute atomic E-state index is 0.0884. The van der Waals surface area contributed by atoms with Crippen LogP contribution in [0.4, 0.5) is 0 Å². The second-order valence-electron chi connectivity index (χ2n) is 5.71. The van der Waals surface area contributed by atoms with Gasteiger partial charge in [0, 0.05) is 19.4 Å².